The number of aromatic hydroxyl groups is 1. The molecule has 0 saturated carbocycles. The van der Waals surface area contributed by atoms with Crippen LogP contribution < -0.4 is 5.73 Å². The third-order valence-corrected chi connectivity index (χ3v) is 6.27. The van der Waals surface area contributed by atoms with Gasteiger partial charge >= 0.3 is 5.97 Å². The number of fused-ring (bicyclic) bond motifs is 1. The van der Waals surface area contributed by atoms with Crippen molar-refractivity contribution in [1.82, 2.24) is 4.90 Å². The third-order valence-electron chi connectivity index (χ3n) is 6.27. The quantitative estimate of drug-likeness (QED) is 0.510. The third kappa shape index (κ3) is 4.58. The number of benzene rings is 2. The second-order valence-electron chi connectivity index (χ2n) is 8.08. The maximum atomic E-state index is 12.0. The zero-order valence-corrected chi connectivity index (χ0v) is 16.6. The number of nitrogens with zero attached hydrogens (tertiary/aromatic N) is 1. The van der Waals surface area contributed by atoms with E-state index in [9.17, 15) is 15.0 Å². The van der Waals surface area contributed by atoms with Crippen molar-refractivity contribution in [3.63, 3.8) is 0 Å². The topological polar surface area (TPSA) is 107 Å². The van der Waals surface area contributed by atoms with Crippen LogP contribution in [0.5, 0.6) is 5.75 Å². The number of aliphatic hydroxyl groups excluding tert-OH is 1. The van der Waals surface area contributed by atoms with Gasteiger partial charge in [0.2, 0.25) is 0 Å². The van der Waals surface area contributed by atoms with Crippen molar-refractivity contribution >= 4 is 24.6 Å². The Bertz CT molecular complexity index is 854. The molecule has 2 aromatic rings. The van der Waals surface area contributed by atoms with Gasteiger partial charge in [-0.3, -0.25) is 9.69 Å². The molecule has 154 valence electrons. The van der Waals surface area contributed by atoms with E-state index in [2.05, 4.69) is 11.0 Å². The lowest BCUT2D eigenvalue weighted by Gasteiger charge is -2.43. The number of phenolic OH excluding ortho intramolecular Hbond substituents is 1. The van der Waals surface area contributed by atoms with Crippen LogP contribution in [-0.4, -0.2) is 59.3 Å². The zero-order chi connectivity index (χ0) is 21.0. The molecule has 2 radical (unpaired) electrons. The van der Waals surface area contributed by atoms with E-state index in [1.54, 1.807) is 12.1 Å². The Morgan fingerprint density at radius 2 is 2.00 bits per heavy atom. The van der Waals surface area contributed by atoms with Crippen molar-refractivity contribution in [3.8, 4) is 5.75 Å². The van der Waals surface area contributed by atoms with E-state index in [1.165, 1.54) is 0 Å². The predicted molar refractivity (Wildman–Crippen MR) is 114 cm³/mol. The fourth-order valence-corrected chi connectivity index (χ4v) is 4.46. The highest BCUT2D eigenvalue weighted by atomic mass is 16.4. The van der Waals surface area contributed by atoms with Crippen LogP contribution in [0.3, 0.4) is 0 Å². The predicted octanol–water partition coefficient (Wildman–Crippen LogP) is 2.27. The fourth-order valence-electron chi connectivity index (χ4n) is 4.46. The normalized spacial score (nSPS) is 19.1. The van der Waals surface area contributed by atoms with E-state index in [0.29, 0.717) is 25.7 Å². The molecule has 1 aliphatic heterocycles. The summed E-state index contributed by atoms with van der Waals surface area (Å²) in [6.45, 7) is 2.18. The largest absolute Gasteiger partial charge is 0.508 e. The minimum Gasteiger partial charge on any atom is -0.508 e. The Hall–Kier alpha value is -2.09. The minimum absolute atomic E-state index is 0.0254. The Labute approximate surface area is 172 Å². The maximum absolute atomic E-state index is 12.0. The van der Waals surface area contributed by atoms with E-state index in [1.807, 2.05) is 18.2 Å². The van der Waals surface area contributed by atoms with Gasteiger partial charge in [-0.1, -0.05) is 30.7 Å². The first kappa shape index (κ1) is 21.6. The summed E-state index contributed by atoms with van der Waals surface area (Å²) in [6, 6.07) is 11.5. The van der Waals surface area contributed by atoms with Gasteiger partial charge in [-0.05, 0) is 72.6 Å². The molecule has 3 rings (SSSR count). The number of carbonyl (C=O) groups is 1. The highest BCUT2D eigenvalue weighted by molar-refractivity contribution is 6.15. The molecule has 2 unspecified atom stereocenters. The minimum atomic E-state index is -1.48. The van der Waals surface area contributed by atoms with Gasteiger partial charge in [0.05, 0.1) is 7.85 Å². The van der Waals surface area contributed by atoms with Gasteiger partial charge in [0, 0.05) is 13.2 Å². The monoisotopic (exact) mass is 396 g/mol. The highest BCUT2D eigenvalue weighted by Gasteiger charge is 2.46. The number of piperidine rings is 1. The number of phenols is 1. The van der Waals surface area contributed by atoms with Crippen LogP contribution in [0.25, 0.3) is 10.8 Å². The summed E-state index contributed by atoms with van der Waals surface area (Å²) < 4.78 is 0. The summed E-state index contributed by atoms with van der Waals surface area (Å²) in [5.74, 6) is -1.72. The number of hydrogen-bond donors (Lipinski definition) is 4. The van der Waals surface area contributed by atoms with Crippen LogP contribution in [0.15, 0.2) is 36.4 Å². The average Bonchev–Trinajstić information content (AvgIpc) is 2.72. The van der Waals surface area contributed by atoms with E-state index in [-0.39, 0.29) is 18.3 Å². The number of carboxylic acids is 1. The van der Waals surface area contributed by atoms with Gasteiger partial charge in [-0.25, -0.2) is 0 Å². The van der Waals surface area contributed by atoms with Crippen LogP contribution >= 0.6 is 0 Å². The molecule has 1 aliphatic rings. The van der Waals surface area contributed by atoms with Crippen LogP contribution in [0.1, 0.15) is 31.2 Å². The second-order valence-corrected chi connectivity index (χ2v) is 8.08. The van der Waals surface area contributed by atoms with E-state index in [0.717, 1.165) is 36.0 Å². The molecule has 0 spiro atoms. The molecule has 1 heterocycles. The number of carboxylic acid groups (broad SMARTS) is 1. The number of aliphatic hydroxyl groups is 1. The van der Waals surface area contributed by atoms with Crippen molar-refractivity contribution in [3.05, 3.63) is 42.0 Å². The molecule has 0 bridgehead atoms. The Balaban J connectivity index is 1.69. The molecule has 0 aliphatic carbocycles. The highest BCUT2D eigenvalue weighted by Crippen LogP contribution is 2.37. The molecule has 0 aromatic heterocycles. The molecule has 1 fully saturated rings. The first-order chi connectivity index (χ1) is 13.9. The first-order valence-electron chi connectivity index (χ1n) is 10.2. The SMILES string of the molecule is [B]C(CCCO)C(N)(C(=O)O)C1CCN(Cc2cccc3ccc(O)cc23)CC1. The average molecular weight is 396 g/mol. The van der Waals surface area contributed by atoms with Crippen LogP contribution in [0.4, 0.5) is 0 Å². The summed E-state index contributed by atoms with van der Waals surface area (Å²) in [7, 11) is 6.15. The van der Waals surface area contributed by atoms with Crippen LogP contribution in [-0.2, 0) is 11.3 Å². The second kappa shape index (κ2) is 9.16. The van der Waals surface area contributed by atoms with Crippen molar-refractivity contribution in [1.29, 1.82) is 0 Å². The Morgan fingerprint density at radius 1 is 1.28 bits per heavy atom. The van der Waals surface area contributed by atoms with E-state index >= 15 is 0 Å². The zero-order valence-electron chi connectivity index (χ0n) is 16.6. The summed E-state index contributed by atoms with van der Waals surface area (Å²) >= 11 is 0. The van der Waals surface area contributed by atoms with Crippen molar-refractivity contribution in [2.24, 2.45) is 11.7 Å². The molecule has 29 heavy (non-hydrogen) atoms. The number of aliphatic carboxylic acids is 1. The van der Waals surface area contributed by atoms with Gasteiger partial charge in [-0.15, -0.1) is 0 Å². The number of likely N-dealkylation sites (tertiary alicyclic amines) is 1. The summed E-state index contributed by atoms with van der Waals surface area (Å²) in [4.78, 5) is 14.3. The molecule has 2 atom stereocenters. The fraction of sp³-hybridized carbons (Fsp3) is 0.500. The smallest absolute Gasteiger partial charge is 0.323 e. The van der Waals surface area contributed by atoms with E-state index < -0.39 is 17.3 Å². The number of rotatable bonds is 8. The standard InChI is InChI=1S/C22H29BN2O4/c23-20(5-2-12-26)22(24,21(28)29)17-8-10-25(11-9-17)14-16-4-1-3-15-6-7-18(27)13-19(15)16/h1,3-4,6-7,13,17,20,26-27H,2,5,8-12,14,24H2,(H,28,29). The van der Waals surface area contributed by atoms with Crippen molar-refractivity contribution in [2.45, 2.75) is 43.6 Å². The van der Waals surface area contributed by atoms with Gasteiger partial charge in [0.15, 0.2) is 0 Å². The first-order valence-corrected chi connectivity index (χ1v) is 10.2. The molecular weight excluding hydrogens is 367 g/mol. The summed E-state index contributed by atoms with van der Waals surface area (Å²) in [5, 5.41) is 30.8. The lowest BCUT2D eigenvalue weighted by Crippen LogP contribution is -2.59. The molecule has 2 aromatic carbocycles. The van der Waals surface area contributed by atoms with E-state index in [4.69, 9.17) is 18.7 Å². The van der Waals surface area contributed by atoms with Crippen LogP contribution in [0.2, 0.25) is 5.82 Å². The van der Waals surface area contributed by atoms with Crippen LogP contribution in [0, 0.1) is 5.92 Å². The number of nitrogens with two attached hydrogens (primary N) is 1. The molecule has 7 heteroatoms. The summed E-state index contributed by atoms with van der Waals surface area (Å²) in [6.07, 6.45) is 2.15. The van der Waals surface area contributed by atoms with Gasteiger partial charge < -0.3 is 21.1 Å². The molecule has 6 nitrogen and oxygen atoms in total. The maximum Gasteiger partial charge on any atom is 0.323 e. The molecular formula is C22H29BN2O4. The lowest BCUT2D eigenvalue weighted by atomic mass is 9.61. The van der Waals surface area contributed by atoms with Gasteiger partial charge in [0.25, 0.3) is 0 Å². The van der Waals surface area contributed by atoms with Crippen molar-refractivity contribution in [2.75, 3.05) is 19.7 Å². The van der Waals surface area contributed by atoms with Crippen molar-refractivity contribution < 1.29 is 20.1 Å². The van der Waals surface area contributed by atoms with Gasteiger partial charge in [0.1, 0.15) is 11.3 Å². The number of hydrogen-bond acceptors (Lipinski definition) is 5. The van der Waals surface area contributed by atoms with Gasteiger partial charge in [-0.2, -0.15) is 0 Å². The Kier molecular flexibility index (Phi) is 6.83. The lowest BCUT2D eigenvalue weighted by molar-refractivity contribution is -0.147. The molecule has 5 N–H and O–H groups in total. The molecule has 1 saturated heterocycles. The summed E-state index contributed by atoms with van der Waals surface area (Å²) in [5.41, 5.74) is 5.99. The molecule has 0 amide bonds. The Morgan fingerprint density at radius 3 is 2.66 bits per heavy atom.